The van der Waals surface area contributed by atoms with Crippen molar-refractivity contribution in [3.8, 4) is 0 Å². The van der Waals surface area contributed by atoms with Crippen LogP contribution in [0.4, 0.5) is 5.13 Å². The molecule has 1 atom stereocenters. The summed E-state index contributed by atoms with van der Waals surface area (Å²) in [6.45, 7) is 3.60. The van der Waals surface area contributed by atoms with Crippen LogP contribution < -0.4 is 10.2 Å². The Bertz CT molecular complexity index is 683. The summed E-state index contributed by atoms with van der Waals surface area (Å²) in [5, 5.41) is 12.2. The molecule has 8 nitrogen and oxygen atoms in total. The molecule has 1 saturated heterocycles. The number of nitrogens with one attached hydrogen (secondary N) is 1. The van der Waals surface area contributed by atoms with Gasteiger partial charge in [-0.3, -0.25) is 14.5 Å². The van der Waals surface area contributed by atoms with Gasteiger partial charge in [-0.2, -0.15) is 0 Å². The molecule has 9 heteroatoms. The molecule has 1 unspecified atom stereocenters. The van der Waals surface area contributed by atoms with Crippen molar-refractivity contribution < 1.29 is 9.59 Å². The van der Waals surface area contributed by atoms with Crippen LogP contribution in [0, 0.1) is 12.8 Å². The van der Waals surface area contributed by atoms with Crippen molar-refractivity contribution in [3.05, 3.63) is 23.7 Å². The molecule has 0 bridgehead atoms. The van der Waals surface area contributed by atoms with Crippen molar-refractivity contribution in [2.45, 2.75) is 26.3 Å². The van der Waals surface area contributed by atoms with E-state index in [2.05, 4.69) is 20.5 Å². The minimum Gasteiger partial charge on any atom is -0.356 e. The first-order valence-electron chi connectivity index (χ1n) is 7.47. The summed E-state index contributed by atoms with van der Waals surface area (Å²) in [7, 11) is 0. The molecule has 0 spiro atoms. The number of nitrogens with zero attached hydrogens (tertiary/aromatic N) is 5. The number of carbonyl (C=O) groups is 2. The molecule has 3 heterocycles. The molecule has 0 saturated carbocycles. The van der Waals surface area contributed by atoms with E-state index in [-0.39, 0.29) is 24.2 Å². The van der Waals surface area contributed by atoms with E-state index in [1.807, 2.05) is 17.7 Å². The molecular weight excluding hydrogens is 316 g/mol. The summed E-state index contributed by atoms with van der Waals surface area (Å²) in [5.41, 5.74) is 0. The standard InChI is InChI=1S/C14H18N6O2S/c1-10-17-18-14(23-10)20-8-11(7-12(20)21)13(22)16-3-2-5-19-6-4-15-9-19/h4,6,9,11H,2-3,5,7-8H2,1H3,(H,16,22). The molecule has 1 N–H and O–H groups in total. The number of imidazole rings is 1. The van der Waals surface area contributed by atoms with Crippen LogP contribution in [0.1, 0.15) is 17.8 Å². The largest absolute Gasteiger partial charge is 0.356 e. The van der Waals surface area contributed by atoms with Gasteiger partial charge in [0.25, 0.3) is 0 Å². The first kappa shape index (κ1) is 15.6. The fraction of sp³-hybridized carbons (Fsp3) is 0.500. The zero-order valence-electron chi connectivity index (χ0n) is 12.8. The van der Waals surface area contributed by atoms with E-state index in [4.69, 9.17) is 0 Å². The average molecular weight is 334 g/mol. The lowest BCUT2D eigenvalue weighted by molar-refractivity contribution is -0.126. The number of aryl methyl sites for hydroxylation is 2. The summed E-state index contributed by atoms with van der Waals surface area (Å²) in [6.07, 6.45) is 6.42. The van der Waals surface area contributed by atoms with Crippen LogP contribution in [-0.4, -0.2) is 44.7 Å². The predicted molar refractivity (Wildman–Crippen MR) is 85.0 cm³/mol. The zero-order chi connectivity index (χ0) is 16.2. The van der Waals surface area contributed by atoms with Crippen molar-refractivity contribution in [1.29, 1.82) is 0 Å². The van der Waals surface area contributed by atoms with Crippen LogP contribution in [0.2, 0.25) is 0 Å². The van der Waals surface area contributed by atoms with Gasteiger partial charge in [-0.1, -0.05) is 11.3 Å². The Morgan fingerprint density at radius 2 is 2.35 bits per heavy atom. The van der Waals surface area contributed by atoms with E-state index in [0.717, 1.165) is 18.0 Å². The second-order valence-electron chi connectivity index (χ2n) is 5.45. The van der Waals surface area contributed by atoms with Crippen LogP contribution in [-0.2, 0) is 16.1 Å². The molecule has 2 amide bonds. The molecule has 0 aromatic carbocycles. The third kappa shape index (κ3) is 3.73. The average Bonchev–Trinajstić information content (AvgIpc) is 3.24. The summed E-state index contributed by atoms with van der Waals surface area (Å²) in [4.78, 5) is 29.8. The van der Waals surface area contributed by atoms with Gasteiger partial charge >= 0.3 is 0 Å². The van der Waals surface area contributed by atoms with E-state index >= 15 is 0 Å². The van der Waals surface area contributed by atoms with Crippen molar-refractivity contribution in [2.75, 3.05) is 18.0 Å². The number of hydrogen-bond acceptors (Lipinski definition) is 6. The SMILES string of the molecule is Cc1nnc(N2CC(C(=O)NCCCn3ccnc3)CC2=O)s1. The molecular formula is C14H18N6O2S. The predicted octanol–water partition coefficient (Wildman–Crippen LogP) is 0.602. The fourth-order valence-corrected chi connectivity index (χ4v) is 3.21. The first-order valence-corrected chi connectivity index (χ1v) is 8.29. The molecule has 0 aliphatic carbocycles. The van der Waals surface area contributed by atoms with Gasteiger partial charge in [0.15, 0.2) is 0 Å². The lowest BCUT2D eigenvalue weighted by Gasteiger charge is -2.12. The normalized spacial score (nSPS) is 17.7. The highest BCUT2D eigenvalue weighted by molar-refractivity contribution is 7.15. The molecule has 1 aliphatic rings. The van der Waals surface area contributed by atoms with E-state index in [0.29, 0.717) is 18.2 Å². The van der Waals surface area contributed by atoms with Gasteiger partial charge in [0.1, 0.15) is 5.01 Å². The summed E-state index contributed by atoms with van der Waals surface area (Å²) < 4.78 is 1.96. The van der Waals surface area contributed by atoms with Crippen LogP contribution in [0.3, 0.4) is 0 Å². The number of anilines is 1. The molecule has 3 rings (SSSR count). The topological polar surface area (TPSA) is 93.0 Å². The van der Waals surface area contributed by atoms with Gasteiger partial charge < -0.3 is 9.88 Å². The monoisotopic (exact) mass is 334 g/mol. The lowest BCUT2D eigenvalue weighted by atomic mass is 10.1. The van der Waals surface area contributed by atoms with Gasteiger partial charge in [-0.15, -0.1) is 10.2 Å². The highest BCUT2D eigenvalue weighted by atomic mass is 32.1. The third-order valence-corrected chi connectivity index (χ3v) is 4.56. The van der Waals surface area contributed by atoms with Crippen LogP contribution in [0.25, 0.3) is 0 Å². The van der Waals surface area contributed by atoms with Crippen molar-refractivity contribution in [3.63, 3.8) is 0 Å². The van der Waals surface area contributed by atoms with Gasteiger partial charge in [0.05, 0.1) is 12.2 Å². The number of amides is 2. The van der Waals surface area contributed by atoms with Gasteiger partial charge in [0.2, 0.25) is 16.9 Å². The van der Waals surface area contributed by atoms with Gasteiger partial charge in [-0.25, -0.2) is 4.98 Å². The number of carbonyl (C=O) groups excluding carboxylic acids is 2. The van der Waals surface area contributed by atoms with Crippen molar-refractivity contribution >= 4 is 28.3 Å². The molecule has 1 fully saturated rings. The number of hydrogen-bond donors (Lipinski definition) is 1. The van der Waals surface area contributed by atoms with Crippen molar-refractivity contribution in [2.24, 2.45) is 5.92 Å². The summed E-state index contributed by atoms with van der Waals surface area (Å²) >= 11 is 1.36. The van der Waals surface area contributed by atoms with E-state index in [1.54, 1.807) is 17.4 Å². The maximum absolute atomic E-state index is 12.2. The maximum atomic E-state index is 12.2. The Morgan fingerprint density at radius 1 is 1.48 bits per heavy atom. The maximum Gasteiger partial charge on any atom is 0.229 e. The lowest BCUT2D eigenvalue weighted by Crippen LogP contribution is -2.33. The summed E-state index contributed by atoms with van der Waals surface area (Å²) in [5.74, 6) is -0.465. The minimum atomic E-state index is -0.319. The fourth-order valence-electron chi connectivity index (χ4n) is 2.50. The first-order chi connectivity index (χ1) is 11.1. The van der Waals surface area contributed by atoms with E-state index in [9.17, 15) is 9.59 Å². The Kier molecular flexibility index (Phi) is 4.65. The van der Waals surface area contributed by atoms with E-state index < -0.39 is 0 Å². The highest BCUT2D eigenvalue weighted by Gasteiger charge is 2.36. The Labute approximate surface area is 137 Å². The Morgan fingerprint density at radius 3 is 3.04 bits per heavy atom. The quantitative estimate of drug-likeness (QED) is 0.781. The molecule has 1 aliphatic heterocycles. The molecule has 23 heavy (non-hydrogen) atoms. The van der Waals surface area contributed by atoms with Crippen LogP contribution >= 0.6 is 11.3 Å². The molecule has 2 aromatic rings. The van der Waals surface area contributed by atoms with Gasteiger partial charge in [-0.05, 0) is 13.3 Å². The van der Waals surface area contributed by atoms with Crippen LogP contribution in [0.5, 0.6) is 0 Å². The van der Waals surface area contributed by atoms with Crippen LogP contribution in [0.15, 0.2) is 18.7 Å². The number of aromatic nitrogens is 4. The Hall–Kier alpha value is -2.29. The molecule has 122 valence electrons. The number of rotatable bonds is 6. The molecule has 2 aromatic heterocycles. The van der Waals surface area contributed by atoms with Gasteiger partial charge in [0, 0.05) is 38.4 Å². The second kappa shape index (κ2) is 6.86. The molecule has 0 radical (unpaired) electrons. The zero-order valence-corrected chi connectivity index (χ0v) is 13.6. The highest BCUT2D eigenvalue weighted by Crippen LogP contribution is 2.27. The minimum absolute atomic E-state index is 0.0697. The third-order valence-electron chi connectivity index (χ3n) is 3.69. The van der Waals surface area contributed by atoms with Crippen molar-refractivity contribution in [1.82, 2.24) is 25.1 Å². The smallest absolute Gasteiger partial charge is 0.229 e. The Balaban J connectivity index is 1.46. The second-order valence-corrected chi connectivity index (χ2v) is 6.61. The summed E-state index contributed by atoms with van der Waals surface area (Å²) in [6, 6.07) is 0. The van der Waals surface area contributed by atoms with E-state index in [1.165, 1.54) is 11.3 Å².